The van der Waals surface area contributed by atoms with Crippen LogP contribution in [0.5, 0.6) is 0 Å². The molecule has 1 aliphatic carbocycles. The summed E-state index contributed by atoms with van der Waals surface area (Å²) in [7, 11) is 0. The van der Waals surface area contributed by atoms with E-state index in [2.05, 4.69) is 17.6 Å². The van der Waals surface area contributed by atoms with Gasteiger partial charge in [0.1, 0.15) is 6.04 Å². The van der Waals surface area contributed by atoms with Gasteiger partial charge in [-0.05, 0) is 31.6 Å². The lowest BCUT2D eigenvalue weighted by atomic mass is 9.82. The third kappa shape index (κ3) is 3.69. The van der Waals surface area contributed by atoms with Gasteiger partial charge in [-0.1, -0.05) is 19.8 Å². The van der Waals surface area contributed by atoms with E-state index >= 15 is 0 Å². The van der Waals surface area contributed by atoms with Crippen molar-refractivity contribution in [3.63, 3.8) is 0 Å². The topological polar surface area (TPSA) is 50.4 Å². The summed E-state index contributed by atoms with van der Waals surface area (Å²) >= 11 is 0. The first kappa shape index (κ1) is 13.8. The maximum atomic E-state index is 12.1. The molecule has 0 bridgehead atoms. The first-order chi connectivity index (χ1) is 8.66. The number of carbonyl (C=O) groups is 1. The Bertz CT molecular complexity index is 283. The first-order valence-electron chi connectivity index (χ1n) is 7.29. The molecule has 1 heterocycles. The molecule has 0 aromatic heterocycles. The molecular formula is C14H26N2O2. The second-order valence-corrected chi connectivity index (χ2v) is 5.89. The van der Waals surface area contributed by atoms with Gasteiger partial charge in [0, 0.05) is 13.1 Å². The van der Waals surface area contributed by atoms with Crippen molar-refractivity contribution < 1.29 is 9.53 Å². The lowest BCUT2D eigenvalue weighted by Gasteiger charge is -2.31. The van der Waals surface area contributed by atoms with E-state index in [9.17, 15) is 4.79 Å². The normalized spacial score (nSPS) is 37.2. The van der Waals surface area contributed by atoms with Crippen molar-refractivity contribution in [1.29, 1.82) is 0 Å². The van der Waals surface area contributed by atoms with Crippen molar-refractivity contribution in [3.8, 4) is 0 Å². The van der Waals surface area contributed by atoms with Crippen molar-refractivity contribution in [2.24, 2.45) is 11.8 Å². The zero-order chi connectivity index (χ0) is 13.0. The average Bonchev–Trinajstić information content (AvgIpc) is 2.37. The molecule has 2 rings (SSSR count). The fraction of sp³-hybridized carbons (Fsp3) is 0.929. The van der Waals surface area contributed by atoms with Crippen molar-refractivity contribution in [1.82, 2.24) is 10.6 Å². The minimum absolute atomic E-state index is 0.0240. The molecule has 2 fully saturated rings. The Morgan fingerprint density at radius 1 is 1.39 bits per heavy atom. The lowest BCUT2D eigenvalue weighted by Crippen LogP contribution is -2.56. The quantitative estimate of drug-likeness (QED) is 0.798. The summed E-state index contributed by atoms with van der Waals surface area (Å²) in [6, 6.07) is -0.181. The fourth-order valence-electron chi connectivity index (χ4n) is 3.13. The van der Waals surface area contributed by atoms with Crippen LogP contribution in [0.25, 0.3) is 0 Å². The van der Waals surface area contributed by atoms with Crippen molar-refractivity contribution in [2.75, 3.05) is 19.7 Å². The standard InChI is InChI=1S/C14H26N2O2/c1-10-4-3-5-12(8-10)9-16-14(17)13-11(2)18-7-6-15-13/h10-13,15H,3-9H2,1-2H3,(H,16,17)/t10?,11-,12?,13+/m1/s1. The molecule has 104 valence electrons. The van der Waals surface area contributed by atoms with Gasteiger partial charge < -0.3 is 15.4 Å². The number of carbonyl (C=O) groups excluding carboxylic acids is 1. The van der Waals surface area contributed by atoms with Gasteiger partial charge in [0.2, 0.25) is 5.91 Å². The SMILES string of the molecule is CC1CCCC(CNC(=O)[C@H]2NCCO[C@@H]2C)C1. The molecule has 0 spiro atoms. The van der Waals surface area contributed by atoms with Crippen LogP contribution < -0.4 is 10.6 Å². The third-order valence-corrected chi connectivity index (χ3v) is 4.21. The van der Waals surface area contributed by atoms with E-state index in [0.717, 1.165) is 19.0 Å². The molecule has 1 saturated carbocycles. The Morgan fingerprint density at radius 2 is 2.22 bits per heavy atom. The number of rotatable bonds is 3. The van der Waals surface area contributed by atoms with Crippen LogP contribution in [-0.4, -0.2) is 37.7 Å². The molecule has 0 aromatic carbocycles. The Hall–Kier alpha value is -0.610. The Labute approximate surface area is 110 Å². The molecular weight excluding hydrogens is 228 g/mol. The molecule has 1 amide bonds. The fourth-order valence-corrected chi connectivity index (χ4v) is 3.13. The number of hydrogen-bond donors (Lipinski definition) is 2. The number of morpholine rings is 1. The number of nitrogens with one attached hydrogen (secondary N) is 2. The summed E-state index contributed by atoms with van der Waals surface area (Å²) in [5.41, 5.74) is 0. The summed E-state index contributed by atoms with van der Waals surface area (Å²) < 4.78 is 5.50. The molecule has 4 heteroatoms. The molecule has 0 radical (unpaired) electrons. The second kappa shape index (κ2) is 6.53. The van der Waals surface area contributed by atoms with Gasteiger partial charge in [-0.25, -0.2) is 0 Å². The second-order valence-electron chi connectivity index (χ2n) is 5.89. The van der Waals surface area contributed by atoms with Gasteiger partial charge in [-0.2, -0.15) is 0 Å². The van der Waals surface area contributed by atoms with E-state index in [4.69, 9.17) is 4.74 Å². The monoisotopic (exact) mass is 254 g/mol. The van der Waals surface area contributed by atoms with Gasteiger partial charge in [0.15, 0.2) is 0 Å². The van der Waals surface area contributed by atoms with Crippen molar-refractivity contribution in [3.05, 3.63) is 0 Å². The highest BCUT2D eigenvalue weighted by Gasteiger charge is 2.28. The molecule has 4 nitrogen and oxygen atoms in total. The predicted octanol–water partition coefficient (Wildman–Crippen LogP) is 1.31. The molecule has 4 atom stereocenters. The van der Waals surface area contributed by atoms with Gasteiger partial charge >= 0.3 is 0 Å². The van der Waals surface area contributed by atoms with E-state index in [0.29, 0.717) is 12.5 Å². The van der Waals surface area contributed by atoms with Gasteiger partial charge in [-0.15, -0.1) is 0 Å². The van der Waals surface area contributed by atoms with E-state index < -0.39 is 0 Å². The molecule has 0 aromatic rings. The highest BCUT2D eigenvalue weighted by atomic mass is 16.5. The number of ether oxygens (including phenoxy) is 1. The third-order valence-electron chi connectivity index (χ3n) is 4.21. The van der Waals surface area contributed by atoms with Gasteiger partial charge in [-0.3, -0.25) is 4.79 Å². The zero-order valence-electron chi connectivity index (χ0n) is 11.6. The van der Waals surface area contributed by atoms with Crippen LogP contribution >= 0.6 is 0 Å². The minimum atomic E-state index is -0.181. The molecule has 1 aliphatic heterocycles. The van der Waals surface area contributed by atoms with Crippen LogP contribution in [0, 0.1) is 11.8 Å². The summed E-state index contributed by atoms with van der Waals surface area (Å²) in [5.74, 6) is 1.58. The predicted molar refractivity (Wildman–Crippen MR) is 71.3 cm³/mol. The number of amides is 1. The summed E-state index contributed by atoms with van der Waals surface area (Å²) in [4.78, 5) is 12.1. The van der Waals surface area contributed by atoms with Crippen molar-refractivity contribution >= 4 is 5.91 Å². The number of hydrogen-bond acceptors (Lipinski definition) is 3. The summed E-state index contributed by atoms with van der Waals surface area (Å²) in [5, 5.41) is 6.32. The van der Waals surface area contributed by atoms with Gasteiger partial charge in [0.05, 0.1) is 12.7 Å². The smallest absolute Gasteiger partial charge is 0.239 e. The lowest BCUT2D eigenvalue weighted by molar-refractivity contribution is -0.129. The van der Waals surface area contributed by atoms with Crippen molar-refractivity contribution in [2.45, 2.75) is 51.7 Å². The largest absolute Gasteiger partial charge is 0.375 e. The highest BCUT2D eigenvalue weighted by molar-refractivity contribution is 5.82. The Balaban J connectivity index is 1.73. The summed E-state index contributed by atoms with van der Waals surface area (Å²) in [6.07, 6.45) is 5.14. The van der Waals surface area contributed by atoms with Crippen LogP contribution in [0.3, 0.4) is 0 Å². The average molecular weight is 254 g/mol. The molecule has 18 heavy (non-hydrogen) atoms. The van der Waals surface area contributed by atoms with E-state index in [1.54, 1.807) is 0 Å². The maximum absolute atomic E-state index is 12.1. The molecule has 1 saturated heterocycles. The molecule has 2 unspecified atom stereocenters. The molecule has 2 N–H and O–H groups in total. The summed E-state index contributed by atoms with van der Waals surface area (Å²) in [6.45, 7) is 6.56. The zero-order valence-corrected chi connectivity index (χ0v) is 11.6. The minimum Gasteiger partial charge on any atom is -0.375 e. The van der Waals surface area contributed by atoms with Crippen LogP contribution in [0.2, 0.25) is 0 Å². The van der Waals surface area contributed by atoms with Crippen LogP contribution in [0.15, 0.2) is 0 Å². The highest BCUT2D eigenvalue weighted by Crippen LogP contribution is 2.27. The Kier molecular flexibility index (Phi) is 5.01. The van der Waals surface area contributed by atoms with Crippen LogP contribution in [-0.2, 0) is 9.53 Å². The van der Waals surface area contributed by atoms with Crippen LogP contribution in [0.1, 0.15) is 39.5 Å². The first-order valence-corrected chi connectivity index (χ1v) is 7.29. The maximum Gasteiger partial charge on any atom is 0.239 e. The van der Waals surface area contributed by atoms with E-state index in [1.807, 2.05) is 6.92 Å². The van der Waals surface area contributed by atoms with E-state index in [1.165, 1.54) is 25.7 Å². The molecule has 2 aliphatic rings. The van der Waals surface area contributed by atoms with Gasteiger partial charge in [0.25, 0.3) is 0 Å². The van der Waals surface area contributed by atoms with Crippen LogP contribution in [0.4, 0.5) is 0 Å². The Morgan fingerprint density at radius 3 is 2.94 bits per heavy atom. The van der Waals surface area contributed by atoms with E-state index in [-0.39, 0.29) is 18.1 Å².